The van der Waals surface area contributed by atoms with Crippen molar-refractivity contribution in [1.29, 1.82) is 0 Å². The second-order valence-electron chi connectivity index (χ2n) is 19.6. The minimum atomic E-state index is -0.135. The SMILES string of the molecule is Cc1cc(-c2cc3c(cc2Nc2ccc(C(C)(C)C)cc2)-c2ccccc2C3(C)C)c2c3c1c1cc4c(cc1n3-c1ccc(C(C)(C)C)cc1B2)oc1ccccc14. The fraction of sp³-hybridized carbons (Fsp3) is 0.222. The largest absolute Gasteiger partial charge is 0.456 e. The number of furan rings is 1. The number of nitrogens with one attached hydrogen (secondary N) is 1. The van der Waals surface area contributed by atoms with Gasteiger partial charge >= 0.3 is 0 Å². The van der Waals surface area contributed by atoms with Crippen molar-refractivity contribution >= 4 is 73.3 Å². The van der Waals surface area contributed by atoms with Crippen molar-refractivity contribution in [3.63, 3.8) is 0 Å². The van der Waals surface area contributed by atoms with E-state index < -0.39 is 0 Å². The highest BCUT2D eigenvalue weighted by molar-refractivity contribution is 6.73. The molecule has 0 spiro atoms. The highest BCUT2D eigenvalue weighted by atomic mass is 16.3. The monoisotopic (exact) mass is 752 g/mol. The van der Waals surface area contributed by atoms with Crippen LogP contribution in [0.5, 0.6) is 0 Å². The van der Waals surface area contributed by atoms with E-state index in [-0.39, 0.29) is 16.2 Å². The van der Waals surface area contributed by atoms with Crippen molar-refractivity contribution in [1.82, 2.24) is 4.57 Å². The Balaban J connectivity index is 1.22. The molecule has 0 amide bonds. The van der Waals surface area contributed by atoms with E-state index in [9.17, 15) is 0 Å². The van der Waals surface area contributed by atoms with Crippen molar-refractivity contribution in [3.05, 3.63) is 149 Å². The molecular formula is C54H49BN2O. The first-order chi connectivity index (χ1) is 27.7. The number of hydrogen-bond donors (Lipinski definition) is 1. The molecule has 1 aliphatic carbocycles. The Morgan fingerprint density at radius 2 is 1.33 bits per heavy atom. The van der Waals surface area contributed by atoms with E-state index in [2.05, 4.69) is 194 Å². The summed E-state index contributed by atoms with van der Waals surface area (Å²) in [6, 6.07) is 45.8. The minimum Gasteiger partial charge on any atom is -0.456 e. The van der Waals surface area contributed by atoms with Gasteiger partial charge in [-0.1, -0.05) is 134 Å². The van der Waals surface area contributed by atoms with Crippen molar-refractivity contribution in [2.24, 2.45) is 0 Å². The normalized spacial score (nSPS) is 14.2. The Kier molecular flexibility index (Phi) is 7.15. The van der Waals surface area contributed by atoms with Gasteiger partial charge in [-0.05, 0) is 110 Å². The van der Waals surface area contributed by atoms with E-state index >= 15 is 0 Å². The van der Waals surface area contributed by atoms with Gasteiger partial charge in [-0.15, -0.1) is 0 Å². The quantitative estimate of drug-likeness (QED) is 0.182. The van der Waals surface area contributed by atoms with Crippen LogP contribution in [0.2, 0.25) is 0 Å². The summed E-state index contributed by atoms with van der Waals surface area (Å²) in [7, 11) is 0.848. The van der Waals surface area contributed by atoms with Gasteiger partial charge in [0, 0.05) is 61.2 Å². The maximum Gasteiger partial charge on any atom is 0.198 e. The molecule has 0 saturated heterocycles. The molecule has 284 valence electrons. The van der Waals surface area contributed by atoms with Crippen LogP contribution in [0, 0.1) is 6.92 Å². The Labute approximate surface area is 342 Å². The van der Waals surface area contributed by atoms with E-state index in [0.29, 0.717) is 0 Å². The van der Waals surface area contributed by atoms with Crippen LogP contribution in [0.25, 0.3) is 71.7 Å². The molecule has 0 bridgehead atoms. The maximum absolute atomic E-state index is 6.54. The molecule has 3 nitrogen and oxygen atoms in total. The zero-order chi connectivity index (χ0) is 40.0. The topological polar surface area (TPSA) is 30.1 Å². The molecule has 1 aliphatic heterocycles. The highest BCUT2D eigenvalue weighted by Gasteiger charge is 2.37. The third kappa shape index (κ3) is 5.00. The molecule has 2 aliphatic rings. The van der Waals surface area contributed by atoms with Gasteiger partial charge in [-0.2, -0.15) is 0 Å². The van der Waals surface area contributed by atoms with Crippen LogP contribution in [0.3, 0.4) is 0 Å². The summed E-state index contributed by atoms with van der Waals surface area (Å²) >= 11 is 0. The van der Waals surface area contributed by atoms with Gasteiger partial charge in [0.1, 0.15) is 11.2 Å². The number of aromatic nitrogens is 1. The van der Waals surface area contributed by atoms with Crippen LogP contribution in [-0.2, 0) is 16.2 Å². The predicted molar refractivity (Wildman–Crippen MR) is 249 cm³/mol. The fourth-order valence-corrected chi connectivity index (χ4v) is 10.2. The molecule has 0 fully saturated rings. The van der Waals surface area contributed by atoms with E-state index in [1.807, 2.05) is 0 Å². The Morgan fingerprint density at radius 1 is 0.603 bits per heavy atom. The summed E-state index contributed by atoms with van der Waals surface area (Å²) in [5.41, 5.74) is 22.4. The lowest BCUT2D eigenvalue weighted by molar-refractivity contribution is 0.590. The minimum absolute atomic E-state index is 0.0279. The molecule has 11 rings (SSSR count). The Morgan fingerprint density at radius 3 is 2.10 bits per heavy atom. The second kappa shape index (κ2) is 11.8. The summed E-state index contributed by atoms with van der Waals surface area (Å²) in [5.74, 6) is 0. The summed E-state index contributed by atoms with van der Waals surface area (Å²) in [6.07, 6.45) is 0. The van der Waals surface area contributed by atoms with Gasteiger partial charge in [0.25, 0.3) is 0 Å². The van der Waals surface area contributed by atoms with Gasteiger partial charge in [-0.3, -0.25) is 0 Å². The zero-order valence-corrected chi connectivity index (χ0v) is 35.1. The summed E-state index contributed by atoms with van der Waals surface area (Å²) in [5, 5.41) is 8.91. The van der Waals surface area contributed by atoms with Crippen LogP contribution >= 0.6 is 0 Å². The van der Waals surface area contributed by atoms with Gasteiger partial charge in [0.2, 0.25) is 0 Å². The number of benzene rings is 7. The third-order valence-corrected chi connectivity index (χ3v) is 13.4. The molecule has 7 aromatic carbocycles. The molecular weight excluding hydrogens is 703 g/mol. The summed E-state index contributed by atoms with van der Waals surface area (Å²) < 4.78 is 9.10. The van der Waals surface area contributed by atoms with Gasteiger partial charge in [0.05, 0.1) is 5.52 Å². The molecule has 1 N–H and O–H groups in total. The molecule has 0 radical (unpaired) electrons. The van der Waals surface area contributed by atoms with Crippen LogP contribution in [0.15, 0.2) is 126 Å². The van der Waals surface area contributed by atoms with E-state index in [0.717, 1.165) is 35.2 Å². The number of hydrogen-bond acceptors (Lipinski definition) is 2. The number of fused-ring (bicyclic) bond motifs is 11. The molecule has 0 atom stereocenters. The van der Waals surface area contributed by atoms with E-state index in [4.69, 9.17) is 4.42 Å². The van der Waals surface area contributed by atoms with Gasteiger partial charge in [0.15, 0.2) is 7.28 Å². The van der Waals surface area contributed by atoms with Gasteiger partial charge < -0.3 is 14.3 Å². The lowest BCUT2D eigenvalue weighted by Gasteiger charge is -2.28. The predicted octanol–water partition coefficient (Wildman–Crippen LogP) is 13.0. The van der Waals surface area contributed by atoms with Crippen LogP contribution in [-0.4, -0.2) is 11.8 Å². The molecule has 3 heterocycles. The molecule has 58 heavy (non-hydrogen) atoms. The fourth-order valence-electron chi connectivity index (χ4n) is 10.2. The number of nitrogens with zero attached hydrogens (tertiary/aromatic N) is 1. The smallest absolute Gasteiger partial charge is 0.198 e. The lowest BCUT2D eigenvalue weighted by atomic mass is 9.58. The van der Waals surface area contributed by atoms with Crippen molar-refractivity contribution < 1.29 is 4.42 Å². The van der Waals surface area contributed by atoms with Gasteiger partial charge in [-0.25, -0.2) is 0 Å². The van der Waals surface area contributed by atoms with Crippen LogP contribution in [0.4, 0.5) is 11.4 Å². The molecule has 9 aromatic rings. The maximum atomic E-state index is 6.54. The molecule has 2 aromatic heterocycles. The summed E-state index contributed by atoms with van der Waals surface area (Å²) in [4.78, 5) is 0. The number of rotatable bonds is 3. The third-order valence-electron chi connectivity index (χ3n) is 13.4. The summed E-state index contributed by atoms with van der Waals surface area (Å²) in [6.45, 7) is 20.9. The van der Waals surface area contributed by atoms with E-state index in [1.165, 1.54) is 93.9 Å². The number of aryl methyl sites for hydroxylation is 1. The molecule has 4 heteroatoms. The van der Waals surface area contributed by atoms with Crippen molar-refractivity contribution in [2.45, 2.75) is 78.6 Å². The number of para-hydroxylation sites is 1. The first-order valence-electron chi connectivity index (χ1n) is 20.9. The number of anilines is 2. The highest BCUT2D eigenvalue weighted by Crippen LogP contribution is 2.52. The standard InChI is InChI=1S/C54H49BN2O/c1-30-24-39(37-27-42-36(34-14-10-12-16-41(34)54(42,8)9)28-44(37)56-33-21-18-31(19-22-33)52(2,3)4)50-51-49(30)40-26-38-35-15-11-13-17-47(35)58-48(38)29-46(40)57(51)45-23-20-32(53(5,6)7)25-43(45)55-50/h10-29,55-56H,1-9H3. The average molecular weight is 753 g/mol. The lowest BCUT2D eigenvalue weighted by Crippen LogP contribution is -2.38. The molecule has 0 unspecified atom stereocenters. The first kappa shape index (κ1) is 35.2. The van der Waals surface area contributed by atoms with Crippen LogP contribution < -0.4 is 16.2 Å². The Hall–Kier alpha value is -6.00. The van der Waals surface area contributed by atoms with Crippen molar-refractivity contribution in [2.75, 3.05) is 5.32 Å². The Bertz CT molecular complexity index is 3210. The average Bonchev–Trinajstić information content (AvgIpc) is 3.80. The second-order valence-corrected chi connectivity index (χ2v) is 19.6. The van der Waals surface area contributed by atoms with Crippen molar-refractivity contribution in [3.8, 4) is 27.9 Å². The van der Waals surface area contributed by atoms with E-state index in [1.54, 1.807) is 0 Å². The first-order valence-corrected chi connectivity index (χ1v) is 20.9. The van der Waals surface area contributed by atoms with Crippen LogP contribution in [0.1, 0.15) is 83.2 Å². The molecule has 0 saturated carbocycles. The zero-order valence-electron chi connectivity index (χ0n) is 35.1.